The highest BCUT2D eigenvalue weighted by molar-refractivity contribution is 6.11. The Hall–Kier alpha value is -2.76. The quantitative estimate of drug-likeness (QED) is 0.788. The average Bonchev–Trinajstić information content (AvgIpc) is 2.68. The number of amides is 1. The van der Waals surface area contributed by atoms with E-state index in [1.165, 1.54) is 0 Å². The molecule has 1 fully saturated rings. The van der Waals surface area contributed by atoms with Gasteiger partial charge in [-0.05, 0) is 11.6 Å². The van der Waals surface area contributed by atoms with Crippen molar-refractivity contribution in [2.75, 3.05) is 26.3 Å². The van der Waals surface area contributed by atoms with E-state index >= 15 is 0 Å². The minimum atomic E-state index is -0.425. The molecule has 5 heteroatoms. The standard InChI is InChI=1S/C21H21N3O2/c22-21(25)20-16-8-4-5-9-17(16)23-18(14-24-10-12-26-13-11-24)19(20)15-6-2-1-3-7-15/h1-9H,10-14H2,(H2,22,25). The summed E-state index contributed by atoms with van der Waals surface area (Å²) in [5.41, 5.74) is 9.84. The van der Waals surface area contributed by atoms with Crippen LogP contribution in [0.1, 0.15) is 16.1 Å². The zero-order valence-electron chi connectivity index (χ0n) is 14.5. The lowest BCUT2D eigenvalue weighted by Crippen LogP contribution is -2.36. The van der Waals surface area contributed by atoms with Gasteiger partial charge < -0.3 is 10.5 Å². The first kappa shape index (κ1) is 16.7. The van der Waals surface area contributed by atoms with E-state index in [2.05, 4.69) is 4.90 Å². The number of nitrogens with two attached hydrogens (primary N) is 1. The maximum absolute atomic E-state index is 12.4. The van der Waals surface area contributed by atoms with Gasteiger partial charge in [0.2, 0.25) is 5.91 Å². The second-order valence-corrected chi connectivity index (χ2v) is 6.44. The number of fused-ring (bicyclic) bond motifs is 1. The SMILES string of the molecule is NC(=O)c1c(-c2ccccc2)c(CN2CCOCC2)nc2ccccc12. The third kappa shape index (κ3) is 3.19. The summed E-state index contributed by atoms with van der Waals surface area (Å²) in [6, 6.07) is 17.6. The zero-order valence-corrected chi connectivity index (χ0v) is 14.5. The summed E-state index contributed by atoms with van der Waals surface area (Å²) in [5.74, 6) is -0.425. The molecule has 2 N–H and O–H groups in total. The molecule has 132 valence electrons. The number of carbonyl (C=O) groups excluding carboxylic acids is 1. The minimum Gasteiger partial charge on any atom is -0.379 e. The van der Waals surface area contributed by atoms with E-state index in [4.69, 9.17) is 15.5 Å². The molecule has 0 saturated carbocycles. The van der Waals surface area contributed by atoms with Gasteiger partial charge in [-0.2, -0.15) is 0 Å². The van der Waals surface area contributed by atoms with E-state index in [0.29, 0.717) is 12.1 Å². The van der Waals surface area contributed by atoms with Crippen molar-refractivity contribution in [3.63, 3.8) is 0 Å². The number of benzene rings is 2. The van der Waals surface area contributed by atoms with Gasteiger partial charge in [-0.15, -0.1) is 0 Å². The van der Waals surface area contributed by atoms with E-state index in [1.807, 2.05) is 54.6 Å². The Morgan fingerprint density at radius 2 is 1.73 bits per heavy atom. The molecular weight excluding hydrogens is 326 g/mol. The molecule has 0 unspecified atom stereocenters. The molecule has 5 nitrogen and oxygen atoms in total. The Morgan fingerprint density at radius 3 is 2.46 bits per heavy atom. The number of primary amides is 1. The number of aromatic nitrogens is 1. The summed E-state index contributed by atoms with van der Waals surface area (Å²) in [6.45, 7) is 3.82. The van der Waals surface area contributed by atoms with Crippen LogP contribution >= 0.6 is 0 Å². The number of carbonyl (C=O) groups is 1. The number of para-hydroxylation sites is 1. The van der Waals surface area contributed by atoms with Gasteiger partial charge in [0.25, 0.3) is 0 Å². The van der Waals surface area contributed by atoms with Crippen LogP contribution < -0.4 is 5.73 Å². The van der Waals surface area contributed by atoms with Crippen LogP contribution in [0.2, 0.25) is 0 Å². The van der Waals surface area contributed by atoms with Crippen molar-refractivity contribution >= 4 is 16.8 Å². The molecule has 0 bridgehead atoms. The Morgan fingerprint density at radius 1 is 1.04 bits per heavy atom. The fraction of sp³-hybridized carbons (Fsp3) is 0.238. The topological polar surface area (TPSA) is 68.5 Å². The predicted molar refractivity (Wildman–Crippen MR) is 102 cm³/mol. The molecule has 0 radical (unpaired) electrons. The summed E-state index contributed by atoms with van der Waals surface area (Å²) >= 11 is 0. The molecule has 1 aliphatic rings. The fourth-order valence-corrected chi connectivity index (χ4v) is 3.52. The van der Waals surface area contributed by atoms with E-state index in [0.717, 1.165) is 54.0 Å². The smallest absolute Gasteiger partial charge is 0.250 e. The van der Waals surface area contributed by atoms with Crippen molar-refractivity contribution in [1.82, 2.24) is 9.88 Å². The van der Waals surface area contributed by atoms with Crippen molar-refractivity contribution in [2.45, 2.75) is 6.54 Å². The molecule has 0 aliphatic carbocycles. The second-order valence-electron chi connectivity index (χ2n) is 6.44. The molecule has 2 aromatic carbocycles. The van der Waals surface area contributed by atoms with Gasteiger partial charge in [0.05, 0.1) is 30.0 Å². The average molecular weight is 347 g/mol. The first-order valence-electron chi connectivity index (χ1n) is 8.81. The van der Waals surface area contributed by atoms with Crippen LogP contribution in [-0.4, -0.2) is 42.1 Å². The molecule has 3 aromatic rings. The minimum absolute atomic E-state index is 0.425. The third-order valence-corrected chi connectivity index (χ3v) is 4.75. The summed E-state index contributed by atoms with van der Waals surface area (Å²) in [4.78, 5) is 19.6. The summed E-state index contributed by atoms with van der Waals surface area (Å²) in [5, 5.41) is 0.796. The molecule has 0 spiro atoms. The molecule has 1 saturated heterocycles. The molecule has 1 aromatic heterocycles. The van der Waals surface area contributed by atoms with E-state index < -0.39 is 5.91 Å². The van der Waals surface area contributed by atoms with E-state index in [-0.39, 0.29) is 0 Å². The number of pyridine rings is 1. The Labute approximate surface area is 152 Å². The highest BCUT2D eigenvalue weighted by Crippen LogP contribution is 2.32. The van der Waals surface area contributed by atoms with Gasteiger partial charge in [-0.1, -0.05) is 48.5 Å². The van der Waals surface area contributed by atoms with Crippen LogP contribution in [0, 0.1) is 0 Å². The normalized spacial score (nSPS) is 15.2. The maximum Gasteiger partial charge on any atom is 0.250 e. The number of morpholine rings is 1. The maximum atomic E-state index is 12.4. The van der Waals surface area contributed by atoms with Gasteiger partial charge in [-0.3, -0.25) is 14.7 Å². The van der Waals surface area contributed by atoms with Gasteiger partial charge in [0, 0.05) is 30.6 Å². The number of hydrogen-bond acceptors (Lipinski definition) is 4. The van der Waals surface area contributed by atoms with Crippen LogP contribution in [0.15, 0.2) is 54.6 Å². The number of rotatable bonds is 4. The lowest BCUT2D eigenvalue weighted by molar-refractivity contribution is 0.0337. The van der Waals surface area contributed by atoms with Crippen molar-refractivity contribution in [2.24, 2.45) is 5.73 Å². The molecule has 4 rings (SSSR count). The van der Waals surface area contributed by atoms with E-state index in [9.17, 15) is 4.79 Å². The Balaban J connectivity index is 1.94. The monoisotopic (exact) mass is 347 g/mol. The first-order valence-corrected chi connectivity index (χ1v) is 8.81. The van der Waals surface area contributed by atoms with Gasteiger partial charge in [-0.25, -0.2) is 0 Å². The highest BCUT2D eigenvalue weighted by Gasteiger charge is 2.22. The lowest BCUT2D eigenvalue weighted by atomic mass is 9.93. The predicted octanol–water partition coefficient (Wildman–Crippen LogP) is 2.83. The zero-order chi connectivity index (χ0) is 17.9. The molecule has 0 atom stereocenters. The third-order valence-electron chi connectivity index (χ3n) is 4.75. The lowest BCUT2D eigenvalue weighted by Gasteiger charge is -2.27. The van der Waals surface area contributed by atoms with Gasteiger partial charge >= 0.3 is 0 Å². The van der Waals surface area contributed by atoms with Crippen LogP contribution in [-0.2, 0) is 11.3 Å². The van der Waals surface area contributed by atoms with E-state index in [1.54, 1.807) is 0 Å². The van der Waals surface area contributed by atoms with Crippen molar-refractivity contribution in [1.29, 1.82) is 0 Å². The van der Waals surface area contributed by atoms with Crippen LogP contribution in [0.5, 0.6) is 0 Å². The van der Waals surface area contributed by atoms with Gasteiger partial charge in [0.1, 0.15) is 0 Å². The first-order chi connectivity index (χ1) is 12.7. The molecule has 26 heavy (non-hydrogen) atoms. The van der Waals surface area contributed by atoms with Crippen molar-refractivity contribution in [3.05, 3.63) is 65.9 Å². The second kappa shape index (κ2) is 7.23. The number of hydrogen-bond donors (Lipinski definition) is 1. The molecule has 2 heterocycles. The summed E-state index contributed by atoms with van der Waals surface area (Å²) < 4.78 is 5.45. The van der Waals surface area contributed by atoms with Crippen LogP contribution in [0.25, 0.3) is 22.0 Å². The fourth-order valence-electron chi connectivity index (χ4n) is 3.52. The Kier molecular flexibility index (Phi) is 4.65. The van der Waals surface area contributed by atoms with Crippen LogP contribution in [0.4, 0.5) is 0 Å². The van der Waals surface area contributed by atoms with Crippen LogP contribution in [0.3, 0.4) is 0 Å². The highest BCUT2D eigenvalue weighted by atomic mass is 16.5. The largest absolute Gasteiger partial charge is 0.379 e. The Bertz CT molecular complexity index is 935. The number of ether oxygens (including phenoxy) is 1. The molecular formula is C21H21N3O2. The molecule has 1 aliphatic heterocycles. The van der Waals surface area contributed by atoms with Gasteiger partial charge in [0.15, 0.2) is 0 Å². The summed E-state index contributed by atoms with van der Waals surface area (Å²) in [6.07, 6.45) is 0. The number of nitrogens with zero attached hydrogens (tertiary/aromatic N) is 2. The van der Waals surface area contributed by atoms with Crippen molar-refractivity contribution in [3.8, 4) is 11.1 Å². The molecule has 1 amide bonds. The van der Waals surface area contributed by atoms with Crippen molar-refractivity contribution < 1.29 is 9.53 Å². The summed E-state index contributed by atoms with van der Waals surface area (Å²) in [7, 11) is 0.